The number of halogens is 2. The predicted molar refractivity (Wildman–Crippen MR) is 147 cm³/mol. The number of benzene rings is 2. The Morgan fingerprint density at radius 2 is 1.89 bits per heavy atom. The molecule has 2 aromatic carbocycles. The van der Waals surface area contributed by atoms with Gasteiger partial charge >= 0.3 is 0 Å². The molecule has 1 heterocycles. The molecule has 190 valence electrons. The highest BCUT2D eigenvalue weighted by atomic mass is 35.5. The first-order chi connectivity index (χ1) is 17.2. The van der Waals surface area contributed by atoms with E-state index in [0.717, 1.165) is 5.56 Å². The van der Waals surface area contributed by atoms with Crippen molar-refractivity contribution in [1.29, 1.82) is 0 Å². The highest BCUT2D eigenvalue weighted by Crippen LogP contribution is 2.27. The van der Waals surface area contributed by atoms with Crippen LogP contribution in [0.2, 0.25) is 10.0 Å². The molecule has 0 spiro atoms. The van der Waals surface area contributed by atoms with E-state index in [1.165, 1.54) is 11.8 Å². The van der Waals surface area contributed by atoms with Crippen LogP contribution < -0.4 is 10.6 Å². The molecule has 0 bridgehead atoms. The maximum Gasteiger partial charge on any atom is 0.253 e. The number of allylic oxidation sites excluding steroid dienone is 1. The lowest BCUT2D eigenvalue weighted by molar-refractivity contribution is -0.113. The molecule has 2 amide bonds. The third kappa shape index (κ3) is 7.35. The summed E-state index contributed by atoms with van der Waals surface area (Å²) in [5, 5.41) is 16.1. The Kier molecular flexibility index (Phi) is 9.98. The molecular formula is C26H29Cl2N5O2S. The van der Waals surface area contributed by atoms with Crippen LogP contribution in [-0.2, 0) is 11.3 Å². The topological polar surface area (TPSA) is 88.9 Å². The molecule has 3 rings (SSSR count). The summed E-state index contributed by atoms with van der Waals surface area (Å²) >= 11 is 13.6. The fourth-order valence-corrected chi connectivity index (χ4v) is 4.70. The van der Waals surface area contributed by atoms with E-state index in [2.05, 4.69) is 41.3 Å². The zero-order valence-electron chi connectivity index (χ0n) is 20.4. The van der Waals surface area contributed by atoms with Gasteiger partial charge < -0.3 is 15.2 Å². The van der Waals surface area contributed by atoms with E-state index in [1.807, 2.05) is 17.6 Å². The van der Waals surface area contributed by atoms with Crippen LogP contribution >= 0.6 is 35.0 Å². The third-order valence-corrected chi connectivity index (χ3v) is 6.99. The van der Waals surface area contributed by atoms with E-state index in [9.17, 15) is 9.59 Å². The highest BCUT2D eigenvalue weighted by Gasteiger charge is 2.25. The number of aryl methyl sites for hydroxylation is 1. The number of hydrogen-bond donors (Lipinski definition) is 2. The molecule has 7 nitrogen and oxygen atoms in total. The van der Waals surface area contributed by atoms with E-state index >= 15 is 0 Å². The molecule has 0 unspecified atom stereocenters. The van der Waals surface area contributed by atoms with Crippen LogP contribution in [0.1, 0.15) is 48.1 Å². The van der Waals surface area contributed by atoms with Crippen molar-refractivity contribution >= 4 is 52.5 Å². The van der Waals surface area contributed by atoms with Gasteiger partial charge in [-0.25, -0.2) is 0 Å². The van der Waals surface area contributed by atoms with Crippen molar-refractivity contribution in [3.05, 3.63) is 82.1 Å². The summed E-state index contributed by atoms with van der Waals surface area (Å²) in [6, 6.07) is 11.9. The normalized spacial score (nSPS) is 11.8. The average Bonchev–Trinajstić information content (AvgIpc) is 3.22. The minimum Gasteiger partial charge on any atom is -0.342 e. The molecule has 0 aliphatic heterocycles. The number of carbonyl (C=O) groups excluding carboxylic acids is 2. The first-order valence-electron chi connectivity index (χ1n) is 11.5. The Bertz CT molecular complexity index is 1240. The second-order valence-corrected chi connectivity index (χ2v) is 10.4. The largest absolute Gasteiger partial charge is 0.342 e. The van der Waals surface area contributed by atoms with Crippen molar-refractivity contribution in [1.82, 2.24) is 20.1 Å². The van der Waals surface area contributed by atoms with Crippen molar-refractivity contribution < 1.29 is 9.59 Å². The zero-order chi connectivity index (χ0) is 26.2. The lowest BCUT2D eigenvalue weighted by Gasteiger charge is -2.21. The van der Waals surface area contributed by atoms with Crippen molar-refractivity contribution in [2.45, 2.75) is 44.9 Å². The molecule has 0 saturated carbocycles. The quantitative estimate of drug-likeness (QED) is 0.217. The second-order valence-electron chi connectivity index (χ2n) is 8.68. The van der Waals surface area contributed by atoms with Crippen LogP contribution in [0, 0.1) is 12.8 Å². The highest BCUT2D eigenvalue weighted by molar-refractivity contribution is 7.99. The van der Waals surface area contributed by atoms with Crippen molar-refractivity contribution in [3.63, 3.8) is 0 Å². The number of aromatic nitrogens is 3. The maximum absolute atomic E-state index is 13.0. The minimum absolute atomic E-state index is 0.127. The Morgan fingerprint density at radius 1 is 1.14 bits per heavy atom. The van der Waals surface area contributed by atoms with Crippen LogP contribution in [0.15, 0.2) is 60.3 Å². The molecule has 1 aromatic heterocycles. The summed E-state index contributed by atoms with van der Waals surface area (Å²) in [4.78, 5) is 25.5. The van der Waals surface area contributed by atoms with Crippen LogP contribution in [-0.4, -0.2) is 32.3 Å². The molecule has 36 heavy (non-hydrogen) atoms. The number of anilines is 1. The molecule has 0 aliphatic rings. The number of rotatable bonds is 11. The monoisotopic (exact) mass is 545 g/mol. The Balaban J connectivity index is 1.77. The van der Waals surface area contributed by atoms with Gasteiger partial charge in [0.05, 0.1) is 22.4 Å². The summed E-state index contributed by atoms with van der Waals surface area (Å²) in [6.07, 6.45) is 2.37. The summed E-state index contributed by atoms with van der Waals surface area (Å²) in [5.74, 6) is 0.516. The fourth-order valence-electron chi connectivity index (χ4n) is 3.54. The first kappa shape index (κ1) is 27.8. The third-order valence-electron chi connectivity index (χ3n) is 5.29. The molecule has 0 saturated heterocycles. The van der Waals surface area contributed by atoms with E-state index in [0.29, 0.717) is 45.2 Å². The smallest absolute Gasteiger partial charge is 0.253 e. The lowest BCUT2D eigenvalue weighted by Crippen LogP contribution is -2.32. The van der Waals surface area contributed by atoms with Gasteiger partial charge in [0.2, 0.25) is 5.91 Å². The first-order valence-corrected chi connectivity index (χ1v) is 13.2. The SMILES string of the molecule is C=CCn1c(SCC(=O)Nc2ccc(C)c(Cl)c2)nnc1[C@@H](CC(C)C)NC(=O)c1ccccc1Cl. The standard InChI is InChI=1S/C26H29Cl2N5O2S/c1-5-12-33-24(22(13-16(2)3)30-25(35)19-8-6-7-9-20(19)27)31-32-26(33)36-15-23(34)29-18-11-10-17(4)21(28)14-18/h5-11,14,16,22H,1,12-13,15H2,2-4H3,(H,29,34)(H,30,35)/t22-/m1/s1. The maximum atomic E-state index is 13.0. The van der Waals surface area contributed by atoms with Gasteiger partial charge in [-0.3, -0.25) is 9.59 Å². The molecule has 1 atom stereocenters. The fraction of sp³-hybridized carbons (Fsp3) is 0.308. The summed E-state index contributed by atoms with van der Waals surface area (Å²) in [5.41, 5.74) is 1.96. The Labute approximate surface area is 225 Å². The molecule has 0 radical (unpaired) electrons. The van der Waals surface area contributed by atoms with Crippen LogP contribution in [0.25, 0.3) is 0 Å². The number of thioether (sulfide) groups is 1. The lowest BCUT2D eigenvalue weighted by atomic mass is 10.0. The second kappa shape index (κ2) is 12.9. The number of nitrogens with one attached hydrogen (secondary N) is 2. The van der Waals surface area contributed by atoms with E-state index < -0.39 is 6.04 Å². The predicted octanol–water partition coefficient (Wildman–Crippen LogP) is 6.33. The molecule has 0 fully saturated rings. The van der Waals surface area contributed by atoms with Crippen LogP contribution in [0.3, 0.4) is 0 Å². The van der Waals surface area contributed by atoms with Gasteiger partial charge in [-0.15, -0.1) is 16.8 Å². The molecule has 2 N–H and O–H groups in total. The van der Waals surface area contributed by atoms with E-state index in [4.69, 9.17) is 23.2 Å². The van der Waals surface area contributed by atoms with E-state index in [-0.39, 0.29) is 23.5 Å². The number of nitrogens with zero attached hydrogens (tertiary/aromatic N) is 3. The van der Waals surface area contributed by atoms with Crippen LogP contribution in [0.4, 0.5) is 5.69 Å². The van der Waals surface area contributed by atoms with Gasteiger partial charge in [0, 0.05) is 17.3 Å². The molecule has 10 heteroatoms. The number of hydrogen-bond acceptors (Lipinski definition) is 5. The van der Waals surface area contributed by atoms with Crippen molar-refractivity contribution in [2.24, 2.45) is 5.92 Å². The summed E-state index contributed by atoms with van der Waals surface area (Å²) in [7, 11) is 0. The van der Waals surface area contributed by atoms with Crippen molar-refractivity contribution in [2.75, 3.05) is 11.1 Å². The van der Waals surface area contributed by atoms with Crippen molar-refractivity contribution in [3.8, 4) is 0 Å². The van der Waals surface area contributed by atoms with E-state index in [1.54, 1.807) is 42.5 Å². The summed E-state index contributed by atoms with van der Waals surface area (Å²) in [6.45, 7) is 10.3. The zero-order valence-corrected chi connectivity index (χ0v) is 22.8. The number of amides is 2. The molecular weight excluding hydrogens is 517 g/mol. The minimum atomic E-state index is -0.404. The molecule has 0 aliphatic carbocycles. The van der Waals surface area contributed by atoms with Gasteiger partial charge in [-0.2, -0.15) is 0 Å². The Hall–Kier alpha value is -2.81. The number of carbonyl (C=O) groups is 2. The van der Waals surface area contributed by atoms with Gasteiger partial charge in [0.25, 0.3) is 5.91 Å². The average molecular weight is 547 g/mol. The van der Waals surface area contributed by atoms with Gasteiger partial charge in [0.1, 0.15) is 0 Å². The van der Waals surface area contributed by atoms with Crippen LogP contribution in [0.5, 0.6) is 0 Å². The van der Waals surface area contributed by atoms with Gasteiger partial charge in [0.15, 0.2) is 11.0 Å². The molecule has 3 aromatic rings. The summed E-state index contributed by atoms with van der Waals surface area (Å²) < 4.78 is 1.87. The Morgan fingerprint density at radius 3 is 2.56 bits per heavy atom. The van der Waals surface area contributed by atoms with Gasteiger partial charge in [-0.05, 0) is 49.1 Å². The van der Waals surface area contributed by atoms with Gasteiger partial charge in [-0.1, -0.05) is 73.1 Å².